The third kappa shape index (κ3) is 72.6. The van der Waals surface area contributed by atoms with Crippen LogP contribution in [0.1, 0.15) is 349 Å². The highest BCUT2D eigenvalue weighted by molar-refractivity contribution is 7.47. The number of hydrogen-bond acceptors (Lipinski definition) is 15. The average Bonchev–Trinajstić information content (AvgIpc) is 1.01. The molecule has 0 aromatic heterocycles. The van der Waals surface area contributed by atoms with Gasteiger partial charge in [-0.3, -0.25) is 37.3 Å². The summed E-state index contributed by atoms with van der Waals surface area (Å²) >= 11 is 0. The zero-order valence-electron chi connectivity index (χ0n) is 63.4. The van der Waals surface area contributed by atoms with Gasteiger partial charge < -0.3 is 33.8 Å². The van der Waals surface area contributed by atoms with Crippen LogP contribution in [0.4, 0.5) is 0 Å². The molecule has 0 saturated carbocycles. The van der Waals surface area contributed by atoms with Gasteiger partial charge >= 0.3 is 39.5 Å². The van der Waals surface area contributed by atoms with E-state index in [0.29, 0.717) is 32.1 Å². The highest BCUT2D eigenvalue weighted by Gasteiger charge is 2.30. The third-order valence-corrected chi connectivity index (χ3v) is 18.7. The molecule has 0 heterocycles. The molecule has 0 amide bonds. The largest absolute Gasteiger partial charge is 0.472 e. The molecular weight excluding hydrogens is 1310 g/mol. The minimum absolute atomic E-state index is 0.0285. The molecule has 0 aliphatic heterocycles. The van der Waals surface area contributed by atoms with E-state index in [1.165, 1.54) is 135 Å². The molecule has 2 unspecified atom stereocenters. The monoisotopic (exact) mass is 1450 g/mol. The summed E-state index contributed by atoms with van der Waals surface area (Å²) in [4.78, 5) is 72.9. The van der Waals surface area contributed by atoms with E-state index in [-0.39, 0.29) is 25.7 Å². The van der Waals surface area contributed by atoms with E-state index in [1.807, 2.05) is 18.2 Å². The lowest BCUT2D eigenvalue weighted by atomic mass is 10.0. The lowest BCUT2D eigenvalue weighted by Crippen LogP contribution is -2.30. The molecule has 0 saturated heterocycles. The van der Waals surface area contributed by atoms with Crippen molar-refractivity contribution in [3.8, 4) is 0 Å². The Morgan fingerprint density at radius 3 is 0.850 bits per heavy atom. The first-order valence-electron chi connectivity index (χ1n) is 39.8. The number of aliphatic hydroxyl groups excluding tert-OH is 1. The van der Waals surface area contributed by atoms with Gasteiger partial charge in [-0.1, -0.05) is 293 Å². The fraction of sp³-hybridized carbons (Fsp3) is 0.778. The van der Waals surface area contributed by atoms with Crippen LogP contribution in [0, 0.1) is 0 Å². The van der Waals surface area contributed by atoms with E-state index in [2.05, 4.69) is 94.5 Å². The Kier molecular flexibility index (Phi) is 70.8. The molecule has 100 heavy (non-hydrogen) atoms. The van der Waals surface area contributed by atoms with Gasteiger partial charge in [0, 0.05) is 25.7 Å². The van der Waals surface area contributed by atoms with E-state index >= 15 is 0 Å². The average molecular weight is 1450 g/mol. The van der Waals surface area contributed by atoms with E-state index in [1.54, 1.807) is 0 Å². The molecule has 0 radical (unpaired) electrons. The minimum atomic E-state index is -4.99. The zero-order chi connectivity index (χ0) is 73.2. The summed E-state index contributed by atoms with van der Waals surface area (Å²) in [5.74, 6) is -2.27. The molecule has 0 aromatic rings. The molecule has 0 bridgehead atoms. The Bertz CT molecular complexity index is 2230. The molecule has 0 rings (SSSR count). The van der Waals surface area contributed by atoms with Crippen molar-refractivity contribution in [2.75, 3.05) is 39.6 Å². The molecule has 0 spiro atoms. The van der Waals surface area contributed by atoms with Crippen molar-refractivity contribution in [1.82, 2.24) is 0 Å². The summed E-state index contributed by atoms with van der Waals surface area (Å²) in [5.41, 5.74) is 0. The van der Waals surface area contributed by atoms with Gasteiger partial charge in [-0.25, -0.2) is 9.13 Å². The highest BCUT2D eigenvalue weighted by atomic mass is 31.2. The minimum Gasteiger partial charge on any atom is -0.462 e. The number of esters is 4. The van der Waals surface area contributed by atoms with Crippen molar-refractivity contribution in [3.63, 3.8) is 0 Å². The van der Waals surface area contributed by atoms with Crippen LogP contribution in [0.5, 0.6) is 0 Å². The van der Waals surface area contributed by atoms with Crippen molar-refractivity contribution in [3.05, 3.63) is 85.1 Å². The fourth-order valence-electron chi connectivity index (χ4n) is 10.7. The van der Waals surface area contributed by atoms with Crippen molar-refractivity contribution in [2.24, 2.45) is 0 Å². The summed E-state index contributed by atoms with van der Waals surface area (Å²) in [5, 5.41) is 10.6. The van der Waals surface area contributed by atoms with Gasteiger partial charge in [0.15, 0.2) is 12.2 Å². The second kappa shape index (κ2) is 73.5. The molecule has 0 aromatic carbocycles. The standard InChI is InChI=1S/C81H144O17P2/c1-5-9-13-17-21-25-29-33-35-36-37-38-40-44-48-52-56-60-64-68-81(86)98-77(72-92-79(84)66-62-58-54-50-46-42-32-28-24-20-16-12-8-4)74-96-100(89,90)94-70-75(82)69-93-99(87,88)95-73-76(71-91-78(83)65-61-57-53-49-45-41-31-27-23-19-15-11-7-3)97-80(85)67-63-59-55-51-47-43-39-34-30-26-22-18-14-10-6-2/h21,25,27-28,31-33,35,37-38,44,48,56,60,75-77,82H,5-20,22-24,26,29-30,34,36,39-43,45-47,49-55,57-59,61-74H2,1-4H3,(H,87,88)(H,89,90)/b25-21-,31-27-,32-28-,35-33-,38-37-,48-44-,60-56-/t75-,76+,77+/m0/s1. The van der Waals surface area contributed by atoms with E-state index in [9.17, 15) is 43.2 Å². The van der Waals surface area contributed by atoms with Crippen LogP contribution in [-0.4, -0.2) is 96.7 Å². The van der Waals surface area contributed by atoms with Crippen molar-refractivity contribution < 1.29 is 80.2 Å². The summed E-state index contributed by atoms with van der Waals surface area (Å²) in [6.45, 7) is 4.76. The Balaban J connectivity index is 5.40. The summed E-state index contributed by atoms with van der Waals surface area (Å²) in [7, 11) is -9.97. The molecule has 0 aliphatic carbocycles. The van der Waals surface area contributed by atoms with Gasteiger partial charge in [-0.15, -0.1) is 0 Å². The van der Waals surface area contributed by atoms with Crippen LogP contribution in [-0.2, 0) is 65.4 Å². The maximum Gasteiger partial charge on any atom is 0.472 e. The van der Waals surface area contributed by atoms with Crippen LogP contribution >= 0.6 is 15.6 Å². The number of phosphoric acid groups is 2. The maximum atomic E-state index is 13.1. The molecule has 17 nitrogen and oxygen atoms in total. The van der Waals surface area contributed by atoms with Crippen LogP contribution in [0.25, 0.3) is 0 Å². The smallest absolute Gasteiger partial charge is 0.462 e. The van der Waals surface area contributed by atoms with Gasteiger partial charge in [0.2, 0.25) is 0 Å². The number of carbonyl (C=O) groups excluding carboxylic acids is 4. The molecule has 3 N–H and O–H groups in total. The summed E-state index contributed by atoms with van der Waals surface area (Å²) in [6, 6.07) is 0. The fourth-order valence-corrected chi connectivity index (χ4v) is 12.3. The van der Waals surface area contributed by atoms with Gasteiger partial charge in [0.1, 0.15) is 19.3 Å². The lowest BCUT2D eigenvalue weighted by Gasteiger charge is -2.21. The normalized spacial score (nSPS) is 14.3. The second-order valence-electron chi connectivity index (χ2n) is 26.7. The second-order valence-corrected chi connectivity index (χ2v) is 29.6. The highest BCUT2D eigenvalue weighted by Crippen LogP contribution is 2.45. The van der Waals surface area contributed by atoms with Crippen molar-refractivity contribution >= 4 is 39.5 Å². The molecular formula is C81H144O17P2. The lowest BCUT2D eigenvalue weighted by molar-refractivity contribution is -0.161. The SMILES string of the molecule is CCCCC/C=C\C/C=C\C/C=C\C/C=C\C/C=C\CCC(=O)O[C@H](COC(=O)CCCCCCC/C=C\CCCCCC)COP(=O)(O)OC[C@@H](O)COP(=O)(O)OC[C@@H](COC(=O)CCCCCCC/C=C\CCCCCC)OC(=O)CCCCCCCCCCCCCCCCC. The Morgan fingerprint density at radius 2 is 0.510 bits per heavy atom. The predicted molar refractivity (Wildman–Crippen MR) is 409 cm³/mol. The number of unbranched alkanes of at least 4 members (excludes halogenated alkanes) is 35. The Morgan fingerprint density at radius 1 is 0.280 bits per heavy atom. The van der Waals surface area contributed by atoms with E-state index in [0.717, 1.165) is 128 Å². The van der Waals surface area contributed by atoms with Gasteiger partial charge in [-0.05, 0) is 116 Å². The number of allylic oxidation sites excluding steroid dienone is 14. The first-order chi connectivity index (χ1) is 48.7. The van der Waals surface area contributed by atoms with Crippen LogP contribution in [0.2, 0.25) is 0 Å². The maximum absolute atomic E-state index is 13.1. The summed E-state index contributed by atoms with van der Waals surface area (Å²) < 4.78 is 68.5. The molecule has 580 valence electrons. The summed E-state index contributed by atoms with van der Waals surface area (Å²) in [6.07, 6.45) is 75.8. The van der Waals surface area contributed by atoms with Crippen molar-refractivity contribution in [2.45, 2.75) is 367 Å². The number of phosphoric ester groups is 2. The van der Waals surface area contributed by atoms with Crippen molar-refractivity contribution in [1.29, 1.82) is 0 Å². The zero-order valence-corrected chi connectivity index (χ0v) is 65.2. The van der Waals surface area contributed by atoms with Crippen LogP contribution in [0.3, 0.4) is 0 Å². The van der Waals surface area contributed by atoms with Crippen LogP contribution < -0.4 is 0 Å². The molecule has 19 heteroatoms. The van der Waals surface area contributed by atoms with Gasteiger partial charge in [0.25, 0.3) is 0 Å². The number of hydrogen-bond donors (Lipinski definition) is 3. The predicted octanol–water partition coefficient (Wildman–Crippen LogP) is 23.0. The van der Waals surface area contributed by atoms with E-state index in [4.69, 9.17) is 37.0 Å². The first kappa shape index (κ1) is 96.2. The van der Waals surface area contributed by atoms with Gasteiger partial charge in [-0.2, -0.15) is 0 Å². The van der Waals surface area contributed by atoms with Gasteiger partial charge in [0.05, 0.1) is 26.4 Å². The number of rotatable bonds is 75. The Labute approximate surface area is 608 Å². The molecule has 5 atom stereocenters. The van der Waals surface area contributed by atoms with Crippen LogP contribution in [0.15, 0.2) is 85.1 Å². The third-order valence-electron chi connectivity index (χ3n) is 16.8. The first-order valence-corrected chi connectivity index (χ1v) is 42.8. The molecule has 0 aliphatic rings. The van der Waals surface area contributed by atoms with E-state index < -0.39 is 97.5 Å². The number of aliphatic hydroxyl groups is 1. The number of ether oxygens (including phenoxy) is 4. The Hall–Kier alpha value is -3.76. The topological polar surface area (TPSA) is 237 Å². The molecule has 0 fully saturated rings. The quantitative estimate of drug-likeness (QED) is 0.0169. The number of carbonyl (C=O) groups is 4.